The van der Waals surface area contributed by atoms with E-state index in [1.807, 2.05) is 26.0 Å². The molecule has 1 aromatic heterocycles. The zero-order valence-electron chi connectivity index (χ0n) is 19.3. The summed E-state index contributed by atoms with van der Waals surface area (Å²) in [6, 6.07) is 0. The highest BCUT2D eigenvalue weighted by Gasteiger charge is 2.47. The second-order valence-corrected chi connectivity index (χ2v) is 8.63. The molecule has 3 amide bonds. The van der Waals surface area contributed by atoms with E-state index in [-0.39, 0.29) is 54.7 Å². The number of hydrogen-bond acceptors (Lipinski definition) is 6. The molecule has 0 saturated carbocycles. The van der Waals surface area contributed by atoms with Crippen LogP contribution < -0.4 is 21.9 Å². The number of anilines is 2. The monoisotopic (exact) mass is 459 g/mol. The quantitative estimate of drug-likeness (QED) is 0.400. The number of likely N-dealkylation sites (tertiary alicyclic amines) is 1. The molecule has 1 aliphatic carbocycles. The summed E-state index contributed by atoms with van der Waals surface area (Å²) in [6.45, 7) is 4.45. The lowest BCUT2D eigenvalue weighted by Gasteiger charge is -2.25. The second-order valence-electron chi connectivity index (χ2n) is 8.63. The van der Waals surface area contributed by atoms with Gasteiger partial charge in [0.2, 0.25) is 17.7 Å². The molecule has 1 fully saturated rings. The van der Waals surface area contributed by atoms with Gasteiger partial charge in [0, 0.05) is 26.1 Å². The van der Waals surface area contributed by atoms with Gasteiger partial charge < -0.3 is 10.6 Å². The molecule has 0 spiro atoms. The molecule has 33 heavy (non-hydrogen) atoms. The lowest BCUT2D eigenvalue weighted by molar-refractivity contribution is -0.140. The molecule has 0 unspecified atom stereocenters. The van der Waals surface area contributed by atoms with Crippen LogP contribution in [0.2, 0.25) is 0 Å². The lowest BCUT2D eigenvalue weighted by atomic mass is 9.85. The Balaban J connectivity index is 1.83. The number of nitrogen functional groups attached to an aromatic ring is 1. The number of aromatic amines is 1. The summed E-state index contributed by atoms with van der Waals surface area (Å²) in [6.07, 6.45) is 7.68. The van der Waals surface area contributed by atoms with Crippen molar-refractivity contribution in [1.82, 2.24) is 14.5 Å². The minimum atomic E-state index is -0.722. The maximum absolute atomic E-state index is 13.2. The zero-order chi connectivity index (χ0) is 24.1. The van der Waals surface area contributed by atoms with Crippen LogP contribution in [0.5, 0.6) is 0 Å². The summed E-state index contributed by atoms with van der Waals surface area (Å²) in [7, 11) is 0. The van der Waals surface area contributed by atoms with Gasteiger partial charge in [-0.3, -0.25) is 33.6 Å². The maximum Gasteiger partial charge on any atom is 0.330 e. The number of unbranched alkanes of at least 4 members (excludes halogenated alkanes) is 2. The second kappa shape index (κ2) is 10.6. The van der Waals surface area contributed by atoms with Crippen molar-refractivity contribution in [3.8, 4) is 0 Å². The molecule has 2 atom stereocenters. The normalized spacial score (nSPS) is 19.8. The standard InChI is InChI=1S/C23H33N5O5/c1-3-5-12-26(18-19(24)27(13-6-4-2)23(33)25-20(18)30)17(29)11-14-28-21(31)15-9-7-8-10-16(15)22(28)32/h7-8,15-16H,3-6,9-14,24H2,1-2H3,(H,25,30,33)/t15-,16-/m0/s1. The molecular weight excluding hydrogens is 426 g/mol. The van der Waals surface area contributed by atoms with Gasteiger partial charge in [0.1, 0.15) is 5.82 Å². The van der Waals surface area contributed by atoms with E-state index in [1.165, 1.54) is 14.4 Å². The molecule has 3 rings (SSSR count). The van der Waals surface area contributed by atoms with E-state index >= 15 is 0 Å². The largest absolute Gasteiger partial charge is 0.383 e. The Morgan fingerprint density at radius 1 is 1.03 bits per heavy atom. The Kier molecular flexibility index (Phi) is 7.88. The van der Waals surface area contributed by atoms with Crippen LogP contribution in [-0.4, -0.2) is 45.3 Å². The number of nitrogens with one attached hydrogen (secondary N) is 1. The Bertz CT molecular complexity index is 1030. The van der Waals surface area contributed by atoms with Gasteiger partial charge in [-0.25, -0.2) is 4.79 Å². The van der Waals surface area contributed by atoms with Gasteiger partial charge in [-0.2, -0.15) is 0 Å². The van der Waals surface area contributed by atoms with Crippen molar-refractivity contribution in [3.05, 3.63) is 33.0 Å². The fourth-order valence-corrected chi connectivity index (χ4v) is 4.49. The first-order valence-electron chi connectivity index (χ1n) is 11.7. The Morgan fingerprint density at radius 3 is 2.21 bits per heavy atom. The van der Waals surface area contributed by atoms with Crippen molar-refractivity contribution >= 4 is 29.2 Å². The number of rotatable bonds is 10. The molecule has 0 aromatic carbocycles. The van der Waals surface area contributed by atoms with Gasteiger partial charge >= 0.3 is 5.69 Å². The molecule has 0 radical (unpaired) electrons. The van der Waals surface area contributed by atoms with E-state index < -0.39 is 17.2 Å². The molecule has 10 nitrogen and oxygen atoms in total. The molecule has 2 heterocycles. The molecule has 180 valence electrons. The summed E-state index contributed by atoms with van der Waals surface area (Å²) in [5.41, 5.74) is 4.82. The Morgan fingerprint density at radius 2 is 1.64 bits per heavy atom. The molecule has 3 N–H and O–H groups in total. The number of nitrogens with two attached hydrogens (primary N) is 1. The van der Waals surface area contributed by atoms with Crippen molar-refractivity contribution in [1.29, 1.82) is 0 Å². The molecule has 1 aliphatic heterocycles. The predicted octanol–water partition coefficient (Wildman–Crippen LogP) is 1.39. The number of fused-ring (bicyclic) bond motifs is 1. The smallest absolute Gasteiger partial charge is 0.330 e. The van der Waals surface area contributed by atoms with Crippen LogP contribution in [0.4, 0.5) is 11.5 Å². The number of amides is 3. The molecule has 0 bridgehead atoms. The Labute approximate surface area is 192 Å². The van der Waals surface area contributed by atoms with Gasteiger partial charge in [-0.15, -0.1) is 0 Å². The third-order valence-corrected chi connectivity index (χ3v) is 6.40. The van der Waals surface area contributed by atoms with Crippen LogP contribution in [0.1, 0.15) is 58.8 Å². The van der Waals surface area contributed by atoms with E-state index in [9.17, 15) is 24.0 Å². The van der Waals surface area contributed by atoms with Gasteiger partial charge in [0.15, 0.2) is 5.69 Å². The number of nitrogens with zero attached hydrogens (tertiary/aromatic N) is 3. The summed E-state index contributed by atoms with van der Waals surface area (Å²) in [5, 5.41) is 0. The first kappa shape index (κ1) is 24.5. The van der Waals surface area contributed by atoms with Crippen LogP contribution in [0.25, 0.3) is 0 Å². The average Bonchev–Trinajstić information content (AvgIpc) is 3.04. The Hall–Kier alpha value is -3.17. The highest BCUT2D eigenvalue weighted by atomic mass is 16.2. The topological polar surface area (TPSA) is 139 Å². The molecule has 10 heteroatoms. The molecule has 1 aromatic rings. The fourth-order valence-electron chi connectivity index (χ4n) is 4.49. The zero-order valence-corrected chi connectivity index (χ0v) is 19.3. The van der Waals surface area contributed by atoms with Gasteiger partial charge in [0.25, 0.3) is 5.56 Å². The number of hydrogen-bond donors (Lipinski definition) is 2. The van der Waals surface area contributed by atoms with Gasteiger partial charge in [0.05, 0.1) is 11.8 Å². The molecule has 1 saturated heterocycles. The number of H-pyrrole nitrogens is 1. The summed E-state index contributed by atoms with van der Waals surface area (Å²) in [4.78, 5) is 68.3. The van der Waals surface area contributed by atoms with Crippen molar-refractivity contribution in [2.75, 3.05) is 23.7 Å². The van der Waals surface area contributed by atoms with Crippen LogP contribution in [0, 0.1) is 11.8 Å². The van der Waals surface area contributed by atoms with Crippen LogP contribution in [0.3, 0.4) is 0 Å². The third-order valence-electron chi connectivity index (χ3n) is 6.40. The predicted molar refractivity (Wildman–Crippen MR) is 125 cm³/mol. The fraction of sp³-hybridized carbons (Fsp3) is 0.609. The van der Waals surface area contributed by atoms with E-state index in [1.54, 1.807) is 0 Å². The molecule has 2 aliphatic rings. The summed E-state index contributed by atoms with van der Waals surface area (Å²) >= 11 is 0. The maximum atomic E-state index is 13.2. The van der Waals surface area contributed by atoms with Crippen LogP contribution >= 0.6 is 0 Å². The van der Waals surface area contributed by atoms with Gasteiger partial charge in [-0.05, 0) is 25.7 Å². The third kappa shape index (κ3) is 4.94. The van der Waals surface area contributed by atoms with Crippen molar-refractivity contribution < 1.29 is 14.4 Å². The summed E-state index contributed by atoms with van der Waals surface area (Å²) in [5.74, 6) is -1.66. The first-order valence-corrected chi connectivity index (χ1v) is 11.7. The minimum Gasteiger partial charge on any atom is -0.383 e. The van der Waals surface area contributed by atoms with Crippen LogP contribution in [0.15, 0.2) is 21.7 Å². The number of allylic oxidation sites excluding steroid dienone is 2. The van der Waals surface area contributed by atoms with Crippen molar-refractivity contribution in [2.45, 2.75) is 65.3 Å². The van der Waals surface area contributed by atoms with Crippen molar-refractivity contribution in [2.24, 2.45) is 11.8 Å². The van der Waals surface area contributed by atoms with Crippen LogP contribution in [-0.2, 0) is 20.9 Å². The number of carbonyl (C=O) groups is 3. The number of imide groups is 1. The van der Waals surface area contributed by atoms with E-state index in [2.05, 4.69) is 4.98 Å². The first-order chi connectivity index (χ1) is 15.8. The highest BCUT2D eigenvalue weighted by molar-refractivity contribution is 6.06. The van der Waals surface area contributed by atoms with E-state index in [4.69, 9.17) is 5.73 Å². The number of aromatic nitrogens is 2. The number of carbonyl (C=O) groups excluding carboxylic acids is 3. The van der Waals surface area contributed by atoms with Crippen molar-refractivity contribution in [3.63, 3.8) is 0 Å². The summed E-state index contributed by atoms with van der Waals surface area (Å²) < 4.78 is 1.28. The molecular formula is C23H33N5O5. The highest BCUT2D eigenvalue weighted by Crippen LogP contribution is 2.35. The van der Waals surface area contributed by atoms with E-state index in [0.717, 1.165) is 12.8 Å². The van der Waals surface area contributed by atoms with E-state index in [0.29, 0.717) is 32.2 Å². The average molecular weight is 460 g/mol. The minimum absolute atomic E-state index is 0.0423. The SMILES string of the molecule is CCCCN(C(=O)CCN1C(=O)[C@H]2CC=CC[C@@H]2C1=O)c1c(N)n(CCCC)c(=O)[nH]c1=O. The van der Waals surface area contributed by atoms with Gasteiger partial charge in [-0.1, -0.05) is 38.8 Å². The lowest BCUT2D eigenvalue weighted by Crippen LogP contribution is -2.43.